The molecule has 0 saturated heterocycles. The van der Waals surface area contributed by atoms with Gasteiger partial charge in [-0.05, 0) is 31.0 Å². The van der Waals surface area contributed by atoms with Gasteiger partial charge in [-0.1, -0.05) is 19.1 Å². The van der Waals surface area contributed by atoms with Crippen molar-refractivity contribution in [2.75, 3.05) is 19.8 Å². The van der Waals surface area contributed by atoms with Gasteiger partial charge >= 0.3 is 12.1 Å². The molecule has 22 heavy (non-hydrogen) atoms. The molecule has 0 aliphatic heterocycles. The average molecular weight is 309 g/mol. The summed E-state index contributed by atoms with van der Waals surface area (Å²) in [5.74, 6) is -0.942. The maximum atomic E-state index is 11.4. The van der Waals surface area contributed by atoms with E-state index in [0.29, 0.717) is 5.75 Å². The van der Waals surface area contributed by atoms with Gasteiger partial charge in [0.15, 0.2) is 13.2 Å². The lowest BCUT2D eigenvalue weighted by molar-refractivity contribution is -0.150. The lowest BCUT2D eigenvalue weighted by Crippen LogP contribution is -2.35. The number of carbonyl (C=O) groups excluding carboxylic acids is 3. The molecule has 0 unspecified atom stereocenters. The zero-order valence-electron chi connectivity index (χ0n) is 12.6. The van der Waals surface area contributed by atoms with Crippen molar-refractivity contribution in [3.8, 4) is 5.75 Å². The summed E-state index contributed by atoms with van der Waals surface area (Å²) < 4.78 is 14.4. The number of hydrogen-bond donors (Lipinski definition) is 1. The summed E-state index contributed by atoms with van der Waals surface area (Å²) >= 11 is 0. The number of rotatable bonds is 7. The Bertz CT molecular complexity index is 511. The van der Waals surface area contributed by atoms with Crippen molar-refractivity contribution >= 4 is 18.0 Å². The van der Waals surface area contributed by atoms with E-state index in [1.165, 1.54) is 0 Å². The van der Waals surface area contributed by atoms with Gasteiger partial charge in [0, 0.05) is 0 Å². The zero-order valence-corrected chi connectivity index (χ0v) is 12.6. The minimum Gasteiger partial charge on any atom is -0.482 e. The summed E-state index contributed by atoms with van der Waals surface area (Å²) in [5.41, 5.74) is 1.16. The highest BCUT2D eigenvalue weighted by molar-refractivity contribution is 5.93. The van der Waals surface area contributed by atoms with E-state index in [0.717, 1.165) is 12.0 Å². The zero-order chi connectivity index (χ0) is 16.4. The number of carbonyl (C=O) groups is 3. The third-order valence-corrected chi connectivity index (χ3v) is 2.57. The SMILES string of the molecule is CCOC(=O)NC(=O)COC(=O)COc1ccc(CC)cc1. The second-order valence-corrected chi connectivity index (χ2v) is 4.22. The van der Waals surface area contributed by atoms with Crippen LogP contribution in [0.15, 0.2) is 24.3 Å². The second-order valence-electron chi connectivity index (χ2n) is 4.22. The molecule has 0 heterocycles. The fraction of sp³-hybridized carbons (Fsp3) is 0.400. The summed E-state index contributed by atoms with van der Waals surface area (Å²) in [5, 5.41) is 1.90. The number of esters is 1. The van der Waals surface area contributed by atoms with Crippen molar-refractivity contribution in [1.82, 2.24) is 5.32 Å². The number of amides is 2. The Morgan fingerprint density at radius 2 is 1.68 bits per heavy atom. The molecule has 0 atom stereocenters. The Kier molecular flexibility index (Phi) is 7.45. The number of aryl methyl sites for hydroxylation is 1. The molecule has 0 radical (unpaired) electrons. The molecule has 7 nitrogen and oxygen atoms in total. The number of imide groups is 1. The van der Waals surface area contributed by atoms with Crippen LogP contribution >= 0.6 is 0 Å². The Labute approximate surface area is 128 Å². The third kappa shape index (κ3) is 6.74. The third-order valence-electron chi connectivity index (χ3n) is 2.57. The molecule has 0 aliphatic rings. The Hall–Kier alpha value is -2.57. The van der Waals surface area contributed by atoms with Crippen LogP contribution in [0.2, 0.25) is 0 Å². The molecule has 2 amide bonds. The minimum atomic E-state index is -0.879. The van der Waals surface area contributed by atoms with Crippen LogP contribution in [-0.2, 0) is 25.5 Å². The first-order valence-corrected chi connectivity index (χ1v) is 6.89. The van der Waals surface area contributed by atoms with Gasteiger partial charge in [-0.25, -0.2) is 9.59 Å². The molecule has 0 spiro atoms. The van der Waals surface area contributed by atoms with Crippen LogP contribution < -0.4 is 10.1 Å². The van der Waals surface area contributed by atoms with Crippen LogP contribution in [0.1, 0.15) is 19.4 Å². The topological polar surface area (TPSA) is 90.9 Å². The lowest BCUT2D eigenvalue weighted by Gasteiger charge is -2.07. The fourth-order valence-electron chi connectivity index (χ4n) is 1.47. The van der Waals surface area contributed by atoms with Gasteiger partial charge in [-0.2, -0.15) is 0 Å². The van der Waals surface area contributed by atoms with E-state index in [9.17, 15) is 14.4 Å². The molecular weight excluding hydrogens is 290 g/mol. The summed E-state index contributed by atoms with van der Waals surface area (Å²) in [4.78, 5) is 33.6. The first kappa shape index (κ1) is 17.5. The minimum absolute atomic E-state index is 0.142. The Balaban J connectivity index is 2.25. The fourth-order valence-corrected chi connectivity index (χ4v) is 1.47. The highest BCUT2D eigenvalue weighted by Gasteiger charge is 2.11. The van der Waals surface area contributed by atoms with Crippen molar-refractivity contribution in [3.63, 3.8) is 0 Å². The van der Waals surface area contributed by atoms with E-state index < -0.39 is 24.6 Å². The maximum absolute atomic E-state index is 11.4. The molecule has 0 bridgehead atoms. The van der Waals surface area contributed by atoms with Crippen molar-refractivity contribution in [1.29, 1.82) is 0 Å². The van der Waals surface area contributed by atoms with Gasteiger partial charge in [0.05, 0.1) is 6.61 Å². The molecule has 0 saturated carbocycles. The van der Waals surface area contributed by atoms with Crippen LogP contribution in [0, 0.1) is 0 Å². The van der Waals surface area contributed by atoms with Crippen molar-refractivity contribution in [2.45, 2.75) is 20.3 Å². The number of alkyl carbamates (subject to hydrolysis) is 1. The van der Waals surface area contributed by atoms with Crippen LogP contribution in [0.5, 0.6) is 5.75 Å². The van der Waals surface area contributed by atoms with E-state index >= 15 is 0 Å². The molecule has 0 aliphatic carbocycles. The molecule has 0 fully saturated rings. The Morgan fingerprint density at radius 3 is 2.27 bits per heavy atom. The van der Waals surface area contributed by atoms with E-state index in [2.05, 4.69) is 9.47 Å². The van der Waals surface area contributed by atoms with E-state index in [-0.39, 0.29) is 13.2 Å². The van der Waals surface area contributed by atoms with Crippen LogP contribution in [0.3, 0.4) is 0 Å². The number of ether oxygens (including phenoxy) is 3. The van der Waals surface area contributed by atoms with Crippen molar-refractivity contribution in [3.05, 3.63) is 29.8 Å². The summed E-state index contributed by atoms with van der Waals surface area (Å²) in [6.07, 6.45) is 0.0357. The van der Waals surface area contributed by atoms with E-state index in [4.69, 9.17) is 4.74 Å². The maximum Gasteiger partial charge on any atom is 0.413 e. The monoisotopic (exact) mass is 309 g/mol. The number of nitrogens with one attached hydrogen (secondary N) is 1. The van der Waals surface area contributed by atoms with E-state index in [1.807, 2.05) is 24.4 Å². The molecule has 1 aromatic carbocycles. The largest absolute Gasteiger partial charge is 0.482 e. The molecular formula is C15H19NO6. The first-order valence-electron chi connectivity index (χ1n) is 6.89. The van der Waals surface area contributed by atoms with Gasteiger partial charge in [0.25, 0.3) is 5.91 Å². The smallest absolute Gasteiger partial charge is 0.413 e. The Morgan fingerprint density at radius 1 is 1.00 bits per heavy atom. The van der Waals surface area contributed by atoms with Gasteiger partial charge in [-0.15, -0.1) is 0 Å². The summed E-state index contributed by atoms with van der Waals surface area (Å²) in [6.45, 7) is 2.89. The van der Waals surface area contributed by atoms with Gasteiger partial charge in [0.1, 0.15) is 5.75 Å². The van der Waals surface area contributed by atoms with Gasteiger partial charge in [0.2, 0.25) is 0 Å². The normalized spacial score (nSPS) is 9.73. The van der Waals surface area contributed by atoms with Crippen LogP contribution in [0.4, 0.5) is 4.79 Å². The van der Waals surface area contributed by atoms with Crippen LogP contribution in [0.25, 0.3) is 0 Å². The highest BCUT2D eigenvalue weighted by atomic mass is 16.6. The van der Waals surface area contributed by atoms with Crippen molar-refractivity contribution in [2.24, 2.45) is 0 Å². The van der Waals surface area contributed by atoms with Crippen LogP contribution in [-0.4, -0.2) is 37.8 Å². The highest BCUT2D eigenvalue weighted by Crippen LogP contribution is 2.12. The molecule has 0 aromatic heterocycles. The average Bonchev–Trinajstić information content (AvgIpc) is 2.51. The first-order chi connectivity index (χ1) is 10.5. The molecule has 7 heteroatoms. The molecule has 1 aromatic rings. The predicted octanol–water partition coefficient (Wildman–Crippen LogP) is 1.44. The summed E-state index contributed by atoms with van der Waals surface area (Å²) in [6, 6.07) is 7.29. The molecule has 1 N–H and O–H groups in total. The predicted molar refractivity (Wildman–Crippen MR) is 77.4 cm³/mol. The lowest BCUT2D eigenvalue weighted by atomic mass is 10.2. The standard InChI is InChI=1S/C15H19NO6/c1-3-11-5-7-12(8-6-11)21-10-14(18)22-9-13(17)16-15(19)20-4-2/h5-8H,3-4,9-10H2,1-2H3,(H,16,17,19). The molecule has 120 valence electrons. The van der Waals surface area contributed by atoms with Gasteiger partial charge < -0.3 is 14.2 Å². The van der Waals surface area contributed by atoms with Crippen molar-refractivity contribution < 1.29 is 28.6 Å². The van der Waals surface area contributed by atoms with E-state index in [1.54, 1.807) is 19.1 Å². The molecule has 1 rings (SSSR count). The number of benzene rings is 1. The quantitative estimate of drug-likeness (QED) is 0.766. The van der Waals surface area contributed by atoms with Gasteiger partial charge in [-0.3, -0.25) is 10.1 Å². The summed E-state index contributed by atoms with van der Waals surface area (Å²) in [7, 11) is 0. The number of hydrogen-bond acceptors (Lipinski definition) is 6. The second kappa shape index (κ2) is 9.38.